The van der Waals surface area contributed by atoms with Crippen molar-refractivity contribution < 1.29 is 23.6 Å². The van der Waals surface area contributed by atoms with Crippen LogP contribution in [0.1, 0.15) is 24.3 Å². The quantitative estimate of drug-likeness (QED) is 0.189. The molecule has 1 amide bonds. The van der Waals surface area contributed by atoms with Crippen molar-refractivity contribution in [1.82, 2.24) is 4.57 Å². The highest BCUT2D eigenvalue weighted by Gasteiger charge is 2.33. The van der Waals surface area contributed by atoms with Crippen molar-refractivity contribution >= 4 is 34.7 Å². The van der Waals surface area contributed by atoms with Gasteiger partial charge in [0.1, 0.15) is 23.0 Å². The molecular formula is C33H26N4O7S. The summed E-state index contributed by atoms with van der Waals surface area (Å²) in [4.78, 5) is 43.6. The van der Waals surface area contributed by atoms with Crippen LogP contribution < -0.4 is 29.7 Å². The molecular weight excluding hydrogens is 596 g/mol. The number of anilines is 1. The van der Waals surface area contributed by atoms with Gasteiger partial charge in [-0.05, 0) is 55.0 Å². The molecule has 3 heterocycles. The molecule has 0 unspecified atom stereocenters. The van der Waals surface area contributed by atoms with E-state index in [0.29, 0.717) is 54.7 Å². The van der Waals surface area contributed by atoms with E-state index < -0.39 is 11.0 Å². The zero-order chi connectivity index (χ0) is 31.7. The Morgan fingerprint density at radius 1 is 1.04 bits per heavy atom. The first-order chi connectivity index (χ1) is 21.8. The molecule has 0 aliphatic carbocycles. The number of fused-ring (bicyclic) bond motifs is 1. The van der Waals surface area contributed by atoms with Gasteiger partial charge >= 0.3 is 0 Å². The second kappa shape index (κ2) is 12.1. The van der Waals surface area contributed by atoms with E-state index >= 15 is 0 Å². The number of hydrogen-bond acceptors (Lipinski definition) is 9. The Hall–Kier alpha value is -5.75. The number of nitro benzene ring substituents is 1. The fourth-order valence-corrected chi connectivity index (χ4v) is 6.19. The Bertz CT molecular complexity index is 2160. The SMILES string of the molecule is COc1cccc([C@H]2C(C(=O)Nc3ccccc3)=C(C)N=c3s/c(=C\c4ccc(-c5ccc([N+](=O)[O-])cc5OC)o4)c(=O)n32)c1. The predicted molar refractivity (Wildman–Crippen MR) is 169 cm³/mol. The highest BCUT2D eigenvalue weighted by atomic mass is 32.1. The lowest BCUT2D eigenvalue weighted by Gasteiger charge is -2.25. The lowest BCUT2D eigenvalue weighted by molar-refractivity contribution is -0.384. The van der Waals surface area contributed by atoms with E-state index in [1.807, 2.05) is 30.3 Å². The molecule has 226 valence electrons. The molecule has 2 aromatic heterocycles. The summed E-state index contributed by atoms with van der Waals surface area (Å²) in [6, 6.07) is 23.2. The van der Waals surface area contributed by atoms with Crippen molar-refractivity contribution in [3.8, 4) is 22.8 Å². The highest BCUT2D eigenvalue weighted by Crippen LogP contribution is 2.35. The fraction of sp³-hybridized carbons (Fsp3) is 0.121. The van der Waals surface area contributed by atoms with E-state index in [1.165, 1.54) is 35.1 Å². The maximum atomic E-state index is 14.0. The average molecular weight is 623 g/mol. The van der Waals surface area contributed by atoms with E-state index in [1.54, 1.807) is 62.6 Å². The number of methoxy groups -OCH3 is 2. The first kappa shape index (κ1) is 29.3. The van der Waals surface area contributed by atoms with Crippen molar-refractivity contribution in [3.05, 3.63) is 137 Å². The summed E-state index contributed by atoms with van der Waals surface area (Å²) in [7, 11) is 2.97. The number of allylic oxidation sites excluding steroid dienone is 1. The standard InChI is InChI=1S/C33H26N4O7S/c1-19-29(31(38)35-21-9-5-4-6-10-21)30(20-8-7-11-23(16-20)42-2)36-32(39)28(45-33(36)34-19)18-24-13-15-26(44-24)25-14-12-22(37(40)41)17-27(25)43-3/h4-18,30H,1-3H3,(H,35,38)/b28-18-/t30-/m0/s1. The van der Waals surface area contributed by atoms with E-state index in [2.05, 4.69) is 10.3 Å². The molecule has 1 aliphatic heterocycles. The van der Waals surface area contributed by atoms with Gasteiger partial charge in [0, 0.05) is 17.8 Å². The lowest BCUT2D eigenvalue weighted by Crippen LogP contribution is -2.40. The number of carbonyl (C=O) groups excluding carboxylic acids is 1. The molecule has 0 spiro atoms. The number of para-hydroxylation sites is 1. The van der Waals surface area contributed by atoms with Gasteiger partial charge in [0.15, 0.2) is 4.80 Å². The van der Waals surface area contributed by atoms with Gasteiger partial charge in [-0.15, -0.1) is 0 Å². The molecule has 0 saturated carbocycles. The molecule has 6 rings (SSSR count). The first-order valence-corrected chi connectivity index (χ1v) is 14.5. The summed E-state index contributed by atoms with van der Waals surface area (Å²) in [5.41, 5.74) is 2.16. The number of nitrogens with zero attached hydrogens (tertiary/aromatic N) is 3. The molecule has 12 heteroatoms. The molecule has 5 aromatic rings. The third kappa shape index (κ3) is 5.66. The summed E-state index contributed by atoms with van der Waals surface area (Å²) in [6.07, 6.45) is 1.61. The molecule has 1 atom stereocenters. The minimum atomic E-state index is -0.779. The van der Waals surface area contributed by atoms with Gasteiger partial charge in [0.2, 0.25) is 0 Å². The number of furan rings is 1. The van der Waals surface area contributed by atoms with Crippen molar-refractivity contribution in [2.75, 3.05) is 19.5 Å². The number of rotatable bonds is 8. The minimum absolute atomic E-state index is 0.110. The summed E-state index contributed by atoms with van der Waals surface area (Å²) >= 11 is 1.18. The summed E-state index contributed by atoms with van der Waals surface area (Å²) in [6.45, 7) is 1.75. The molecule has 3 aromatic carbocycles. The van der Waals surface area contributed by atoms with Crippen LogP contribution in [-0.4, -0.2) is 29.6 Å². The Labute approximate surface area is 260 Å². The number of nitro groups is 1. The Morgan fingerprint density at radius 3 is 2.58 bits per heavy atom. The van der Waals surface area contributed by atoms with Crippen LogP contribution in [0.2, 0.25) is 0 Å². The summed E-state index contributed by atoms with van der Waals surface area (Å²) < 4.78 is 18.7. The van der Waals surface area contributed by atoms with E-state index in [0.717, 1.165) is 0 Å². The van der Waals surface area contributed by atoms with Crippen LogP contribution in [0.25, 0.3) is 17.4 Å². The number of thiazole rings is 1. The molecule has 0 fully saturated rings. The van der Waals surface area contributed by atoms with Crippen LogP contribution in [0.5, 0.6) is 11.5 Å². The Kier molecular flexibility index (Phi) is 7.88. The van der Waals surface area contributed by atoms with E-state index in [-0.39, 0.29) is 22.9 Å². The second-order valence-corrected chi connectivity index (χ2v) is 11.0. The summed E-state index contributed by atoms with van der Waals surface area (Å²) in [5.74, 6) is 1.27. The predicted octanol–water partition coefficient (Wildman–Crippen LogP) is 5.06. The number of ether oxygens (including phenoxy) is 2. The molecule has 1 aliphatic rings. The highest BCUT2D eigenvalue weighted by molar-refractivity contribution is 7.07. The van der Waals surface area contributed by atoms with Crippen LogP contribution in [0.3, 0.4) is 0 Å². The largest absolute Gasteiger partial charge is 0.497 e. The third-order valence-corrected chi connectivity index (χ3v) is 8.25. The number of carbonyl (C=O) groups is 1. The molecule has 0 bridgehead atoms. The van der Waals surface area contributed by atoms with Gasteiger partial charge in [0.05, 0.1) is 52.6 Å². The minimum Gasteiger partial charge on any atom is -0.497 e. The number of hydrogen-bond donors (Lipinski definition) is 1. The summed E-state index contributed by atoms with van der Waals surface area (Å²) in [5, 5.41) is 14.1. The number of aromatic nitrogens is 1. The first-order valence-electron chi connectivity index (χ1n) is 13.7. The maximum Gasteiger partial charge on any atom is 0.273 e. The van der Waals surface area contributed by atoms with Crippen molar-refractivity contribution in [2.24, 2.45) is 4.99 Å². The van der Waals surface area contributed by atoms with Crippen LogP contribution >= 0.6 is 11.3 Å². The lowest BCUT2D eigenvalue weighted by atomic mass is 9.95. The fourth-order valence-electron chi connectivity index (χ4n) is 5.16. The third-order valence-electron chi connectivity index (χ3n) is 7.27. The maximum absolute atomic E-state index is 14.0. The zero-order valence-corrected chi connectivity index (χ0v) is 25.2. The van der Waals surface area contributed by atoms with Crippen LogP contribution in [0.4, 0.5) is 11.4 Å². The van der Waals surface area contributed by atoms with Crippen molar-refractivity contribution in [1.29, 1.82) is 0 Å². The second-order valence-electron chi connectivity index (χ2n) is 10.0. The number of benzene rings is 3. The average Bonchev–Trinajstić information content (AvgIpc) is 3.64. The number of non-ortho nitro benzene ring substituents is 1. The van der Waals surface area contributed by atoms with E-state index in [9.17, 15) is 19.7 Å². The van der Waals surface area contributed by atoms with Crippen molar-refractivity contribution in [3.63, 3.8) is 0 Å². The zero-order valence-electron chi connectivity index (χ0n) is 24.3. The Morgan fingerprint density at radius 2 is 1.84 bits per heavy atom. The molecule has 0 saturated heterocycles. The number of amides is 1. The molecule has 45 heavy (non-hydrogen) atoms. The van der Waals surface area contributed by atoms with Crippen LogP contribution in [-0.2, 0) is 4.79 Å². The van der Waals surface area contributed by atoms with Gasteiger partial charge < -0.3 is 19.2 Å². The van der Waals surface area contributed by atoms with Crippen molar-refractivity contribution in [2.45, 2.75) is 13.0 Å². The number of nitrogens with one attached hydrogen (secondary N) is 1. The van der Waals surface area contributed by atoms with Crippen LogP contribution in [0, 0.1) is 10.1 Å². The molecule has 0 radical (unpaired) electrons. The topological polar surface area (TPSA) is 138 Å². The van der Waals surface area contributed by atoms with Crippen LogP contribution in [0.15, 0.2) is 110 Å². The smallest absolute Gasteiger partial charge is 0.273 e. The molecule has 11 nitrogen and oxygen atoms in total. The monoisotopic (exact) mass is 622 g/mol. The van der Waals surface area contributed by atoms with Gasteiger partial charge in [-0.3, -0.25) is 24.3 Å². The normalized spacial score (nSPS) is 14.5. The Balaban J connectivity index is 1.44. The van der Waals surface area contributed by atoms with Gasteiger partial charge in [-0.1, -0.05) is 41.7 Å². The van der Waals surface area contributed by atoms with Gasteiger partial charge in [0.25, 0.3) is 17.2 Å². The van der Waals surface area contributed by atoms with Gasteiger partial charge in [-0.2, -0.15) is 0 Å². The van der Waals surface area contributed by atoms with Gasteiger partial charge in [-0.25, -0.2) is 4.99 Å². The molecule has 1 N–H and O–H groups in total. The van der Waals surface area contributed by atoms with E-state index in [4.69, 9.17) is 13.9 Å².